The quantitative estimate of drug-likeness (QED) is 0.665. The van der Waals surface area contributed by atoms with Gasteiger partial charge in [0.2, 0.25) is 5.91 Å². The average Bonchev–Trinajstić information content (AvgIpc) is 2.53. The van der Waals surface area contributed by atoms with E-state index >= 15 is 0 Å². The van der Waals surface area contributed by atoms with Gasteiger partial charge in [-0.2, -0.15) is 0 Å². The minimum absolute atomic E-state index is 0.0678. The Morgan fingerprint density at radius 1 is 1.22 bits per heavy atom. The van der Waals surface area contributed by atoms with Crippen molar-refractivity contribution in [3.05, 3.63) is 68.3 Å². The normalized spacial score (nSPS) is 10.7. The average molecular weight is 419 g/mol. The number of hydrogen-bond donors (Lipinski definition) is 1. The molecule has 5 nitrogen and oxygen atoms in total. The molecule has 0 aliphatic heterocycles. The van der Waals surface area contributed by atoms with E-state index in [0.717, 1.165) is 9.13 Å². The van der Waals surface area contributed by atoms with E-state index in [1.165, 1.54) is 10.9 Å². The van der Waals surface area contributed by atoms with Gasteiger partial charge < -0.3 is 5.32 Å². The van der Waals surface area contributed by atoms with Gasteiger partial charge in [-0.15, -0.1) is 0 Å². The number of aromatic nitrogens is 2. The Morgan fingerprint density at radius 3 is 2.70 bits per heavy atom. The van der Waals surface area contributed by atoms with Crippen molar-refractivity contribution in [3.8, 4) is 0 Å². The number of hydrogen-bond acceptors (Lipinski definition) is 3. The third-order valence-corrected chi connectivity index (χ3v) is 4.22. The molecular formula is C17H14IN3O2. The number of carbonyl (C=O) groups excluding carboxylic acids is 1. The molecule has 3 aromatic rings. The van der Waals surface area contributed by atoms with Gasteiger partial charge in [-0.25, -0.2) is 4.98 Å². The molecule has 23 heavy (non-hydrogen) atoms. The van der Waals surface area contributed by atoms with Gasteiger partial charge in [0.15, 0.2) is 0 Å². The number of amides is 1. The minimum Gasteiger partial charge on any atom is -0.325 e. The molecule has 6 heteroatoms. The van der Waals surface area contributed by atoms with E-state index in [1.807, 2.05) is 43.3 Å². The van der Waals surface area contributed by atoms with Gasteiger partial charge in [-0.3, -0.25) is 14.2 Å². The summed E-state index contributed by atoms with van der Waals surface area (Å²) in [5.74, 6) is -0.262. The van der Waals surface area contributed by atoms with E-state index < -0.39 is 0 Å². The Kier molecular flexibility index (Phi) is 4.42. The Labute approximate surface area is 146 Å². The standard InChI is InChI=1S/C17H14IN3O2/c1-11-3-2-4-14-16(11)19-10-21(17(14)23)9-15(22)20-13-7-5-12(18)6-8-13/h2-8,10H,9H2,1H3,(H,20,22). The predicted octanol–water partition coefficient (Wildman–Crippen LogP) is 2.95. The molecule has 1 heterocycles. The van der Waals surface area contributed by atoms with Crippen LogP contribution in [-0.2, 0) is 11.3 Å². The van der Waals surface area contributed by atoms with Crippen LogP contribution in [0.2, 0.25) is 0 Å². The number of carbonyl (C=O) groups is 1. The Balaban J connectivity index is 1.84. The van der Waals surface area contributed by atoms with Gasteiger partial charge in [0.25, 0.3) is 5.56 Å². The number of nitrogens with one attached hydrogen (secondary N) is 1. The van der Waals surface area contributed by atoms with Gasteiger partial charge in [0.05, 0.1) is 17.2 Å². The molecule has 0 saturated heterocycles. The number of para-hydroxylation sites is 1. The molecule has 116 valence electrons. The molecule has 0 radical (unpaired) electrons. The molecule has 0 atom stereocenters. The number of rotatable bonds is 3. The molecule has 2 aromatic carbocycles. The fraction of sp³-hybridized carbons (Fsp3) is 0.118. The monoisotopic (exact) mass is 419 g/mol. The summed E-state index contributed by atoms with van der Waals surface area (Å²) < 4.78 is 2.41. The van der Waals surface area contributed by atoms with E-state index in [2.05, 4.69) is 32.9 Å². The zero-order chi connectivity index (χ0) is 16.4. The van der Waals surface area contributed by atoms with Crippen LogP contribution in [0.25, 0.3) is 10.9 Å². The SMILES string of the molecule is Cc1cccc2c(=O)n(CC(=O)Nc3ccc(I)cc3)cnc12. The van der Waals surface area contributed by atoms with E-state index in [0.29, 0.717) is 16.6 Å². The lowest BCUT2D eigenvalue weighted by molar-refractivity contribution is -0.116. The number of halogens is 1. The van der Waals surface area contributed by atoms with Crippen LogP contribution < -0.4 is 10.9 Å². The summed E-state index contributed by atoms with van der Waals surface area (Å²) in [5.41, 5.74) is 2.10. The van der Waals surface area contributed by atoms with Gasteiger partial charge >= 0.3 is 0 Å². The van der Waals surface area contributed by atoms with Crippen molar-refractivity contribution in [3.63, 3.8) is 0 Å². The number of nitrogens with zero attached hydrogens (tertiary/aromatic N) is 2. The first-order valence-corrected chi connectivity index (χ1v) is 8.12. The zero-order valence-corrected chi connectivity index (χ0v) is 14.6. The second kappa shape index (κ2) is 6.49. The number of anilines is 1. The topological polar surface area (TPSA) is 64.0 Å². The van der Waals surface area contributed by atoms with Crippen molar-refractivity contribution in [2.24, 2.45) is 0 Å². The zero-order valence-electron chi connectivity index (χ0n) is 12.4. The van der Waals surface area contributed by atoms with Crippen LogP contribution in [0.1, 0.15) is 5.56 Å². The summed E-state index contributed by atoms with van der Waals surface area (Å²) in [6.07, 6.45) is 1.42. The van der Waals surface area contributed by atoms with Crippen LogP contribution in [0.15, 0.2) is 53.6 Å². The number of fused-ring (bicyclic) bond motifs is 1. The molecule has 3 rings (SSSR count). The van der Waals surface area contributed by atoms with Crippen molar-refractivity contribution in [2.45, 2.75) is 13.5 Å². The van der Waals surface area contributed by atoms with Crippen molar-refractivity contribution < 1.29 is 4.79 Å². The Morgan fingerprint density at radius 2 is 1.96 bits per heavy atom. The number of aryl methyl sites for hydroxylation is 1. The van der Waals surface area contributed by atoms with Crippen molar-refractivity contribution in [2.75, 3.05) is 5.32 Å². The van der Waals surface area contributed by atoms with Gasteiger partial charge in [0, 0.05) is 9.26 Å². The fourth-order valence-electron chi connectivity index (χ4n) is 2.34. The van der Waals surface area contributed by atoms with Crippen LogP contribution in [0.4, 0.5) is 5.69 Å². The highest BCUT2D eigenvalue weighted by Crippen LogP contribution is 2.12. The van der Waals surface area contributed by atoms with E-state index in [4.69, 9.17) is 0 Å². The molecule has 1 N–H and O–H groups in total. The highest BCUT2D eigenvalue weighted by molar-refractivity contribution is 14.1. The third kappa shape index (κ3) is 3.42. The molecule has 0 spiro atoms. The fourth-order valence-corrected chi connectivity index (χ4v) is 2.70. The van der Waals surface area contributed by atoms with E-state index in [1.54, 1.807) is 6.07 Å². The molecule has 1 aromatic heterocycles. The van der Waals surface area contributed by atoms with Crippen molar-refractivity contribution in [1.29, 1.82) is 0 Å². The van der Waals surface area contributed by atoms with Crippen LogP contribution >= 0.6 is 22.6 Å². The molecule has 0 unspecified atom stereocenters. The summed E-state index contributed by atoms with van der Waals surface area (Å²) >= 11 is 2.20. The van der Waals surface area contributed by atoms with E-state index in [9.17, 15) is 9.59 Å². The molecule has 1 amide bonds. The smallest absolute Gasteiger partial charge is 0.261 e. The lowest BCUT2D eigenvalue weighted by atomic mass is 10.1. The highest BCUT2D eigenvalue weighted by atomic mass is 127. The first-order chi connectivity index (χ1) is 11.0. The maximum Gasteiger partial charge on any atom is 0.261 e. The van der Waals surface area contributed by atoms with Crippen molar-refractivity contribution in [1.82, 2.24) is 9.55 Å². The second-order valence-corrected chi connectivity index (χ2v) is 6.45. The van der Waals surface area contributed by atoms with Crippen LogP contribution in [0, 0.1) is 10.5 Å². The summed E-state index contributed by atoms with van der Waals surface area (Å²) in [7, 11) is 0. The molecular weight excluding hydrogens is 405 g/mol. The summed E-state index contributed by atoms with van der Waals surface area (Å²) in [4.78, 5) is 28.9. The lowest BCUT2D eigenvalue weighted by Crippen LogP contribution is -2.28. The van der Waals surface area contributed by atoms with Crippen LogP contribution in [-0.4, -0.2) is 15.5 Å². The third-order valence-electron chi connectivity index (χ3n) is 3.50. The second-order valence-electron chi connectivity index (χ2n) is 5.20. The molecule has 0 saturated carbocycles. The summed E-state index contributed by atoms with van der Waals surface area (Å²) in [6, 6.07) is 12.9. The van der Waals surface area contributed by atoms with E-state index in [-0.39, 0.29) is 18.0 Å². The molecule has 0 aliphatic carbocycles. The molecule has 0 fully saturated rings. The highest BCUT2D eigenvalue weighted by Gasteiger charge is 2.09. The molecule has 0 aliphatic rings. The summed E-state index contributed by atoms with van der Waals surface area (Å²) in [6.45, 7) is 1.84. The van der Waals surface area contributed by atoms with Gasteiger partial charge in [0.1, 0.15) is 6.54 Å². The van der Waals surface area contributed by atoms with Gasteiger partial charge in [-0.05, 0) is 65.4 Å². The lowest BCUT2D eigenvalue weighted by Gasteiger charge is -2.09. The number of benzene rings is 2. The Bertz CT molecular complexity index is 933. The molecule has 0 bridgehead atoms. The van der Waals surface area contributed by atoms with Crippen LogP contribution in [0.5, 0.6) is 0 Å². The first kappa shape index (κ1) is 15.7. The largest absolute Gasteiger partial charge is 0.325 e. The maximum atomic E-state index is 12.5. The maximum absolute atomic E-state index is 12.5. The summed E-state index contributed by atoms with van der Waals surface area (Å²) in [5, 5.41) is 3.30. The minimum atomic E-state index is -0.262. The van der Waals surface area contributed by atoms with Crippen molar-refractivity contribution >= 4 is 45.1 Å². The van der Waals surface area contributed by atoms with Crippen LogP contribution in [0.3, 0.4) is 0 Å². The predicted molar refractivity (Wildman–Crippen MR) is 98.5 cm³/mol. The Hall–Kier alpha value is -2.22. The van der Waals surface area contributed by atoms with Gasteiger partial charge in [-0.1, -0.05) is 12.1 Å². The first-order valence-electron chi connectivity index (χ1n) is 7.05.